The van der Waals surface area contributed by atoms with E-state index in [1.807, 2.05) is 6.92 Å². The van der Waals surface area contributed by atoms with Gasteiger partial charge in [0.15, 0.2) is 5.78 Å². The summed E-state index contributed by atoms with van der Waals surface area (Å²) in [6.07, 6.45) is 0.756. The first-order valence-corrected chi connectivity index (χ1v) is 5.91. The van der Waals surface area contributed by atoms with Crippen LogP contribution in [0.5, 0.6) is 17.2 Å². The number of benzene rings is 2. The van der Waals surface area contributed by atoms with E-state index in [1.54, 1.807) is 6.07 Å². The van der Waals surface area contributed by atoms with Crippen molar-refractivity contribution in [3.05, 3.63) is 53.1 Å². The number of hydrogen-bond acceptors (Lipinski definition) is 4. The normalized spacial score (nSPS) is 10.4. The van der Waals surface area contributed by atoms with Gasteiger partial charge >= 0.3 is 0 Å². The standard InChI is InChI=1S/C15H14O4/c1-2-9-3-5-11(13(17)7-9)15(19)12-6-4-10(16)8-14(12)18/h3-8,16-18H,2H2,1H3. The molecule has 2 rings (SSSR count). The van der Waals surface area contributed by atoms with Crippen LogP contribution < -0.4 is 0 Å². The molecule has 0 aliphatic heterocycles. The number of phenolic OH excluding ortho intramolecular Hbond substituents is 3. The molecule has 0 aliphatic carbocycles. The zero-order valence-corrected chi connectivity index (χ0v) is 10.4. The Morgan fingerprint density at radius 1 is 0.947 bits per heavy atom. The number of hydrogen-bond donors (Lipinski definition) is 3. The van der Waals surface area contributed by atoms with Gasteiger partial charge in [0.1, 0.15) is 17.2 Å². The Morgan fingerprint density at radius 3 is 2.05 bits per heavy atom. The molecule has 0 unspecified atom stereocenters. The molecule has 2 aromatic carbocycles. The minimum absolute atomic E-state index is 0.0392. The molecular formula is C15H14O4. The quantitative estimate of drug-likeness (QED) is 0.739. The number of carbonyl (C=O) groups excluding carboxylic acids is 1. The molecule has 2 aromatic rings. The molecule has 0 saturated heterocycles. The average Bonchev–Trinajstić information content (AvgIpc) is 2.37. The highest BCUT2D eigenvalue weighted by Crippen LogP contribution is 2.28. The highest BCUT2D eigenvalue weighted by atomic mass is 16.3. The first-order valence-electron chi connectivity index (χ1n) is 5.91. The average molecular weight is 258 g/mol. The number of ketones is 1. The maximum Gasteiger partial charge on any atom is 0.200 e. The van der Waals surface area contributed by atoms with Gasteiger partial charge in [-0.1, -0.05) is 13.0 Å². The van der Waals surface area contributed by atoms with Crippen LogP contribution in [0.2, 0.25) is 0 Å². The minimum atomic E-state index is -0.488. The van der Waals surface area contributed by atoms with Crippen molar-refractivity contribution in [1.29, 1.82) is 0 Å². The minimum Gasteiger partial charge on any atom is -0.508 e. The molecule has 0 amide bonds. The van der Waals surface area contributed by atoms with Gasteiger partial charge in [-0.25, -0.2) is 0 Å². The van der Waals surface area contributed by atoms with E-state index in [1.165, 1.54) is 24.3 Å². The van der Waals surface area contributed by atoms with E-state index in [0.29, 0.717) is 0 Å². The Labute approximate surface area is 110 Å². The third-order valence-corrected chi connectivity index (χ3v) is 2.94. The van der Waals surface area contributed by atoms with Gasteiger partial charge in [-0.2, -0.15) is 0 Å². The van der Waals surface area contributed by atoms with Gasteiger partial charge in [-0.3, -0.25) is 4.79 Å². The number of rotatable bonds is 3. The Morgan fingerprint density at radius 2 is 1.53 bits per heavy atom. The monoisotopic (exact) mass is 258 g/mol. The fourth-order valence-electron chi connectivity index (χ4n) is 1.85. The van der Waals surface area contributed by atoms with Gasteiger partial charge in [0.25, 0.3) is 0 Å². The van der Waals surface area contributed by atoms with E-state index in [4.69, 9.17) is 0 Å². The lowest BCUT2D eigenvalue weighted by atomic mass is 9.99. The maximum absolute atomic E-state index is 12.2. The zero-order chi connectivity index (χ0) is 14.0. The predicted molar refractivity (Wildman–Crippen MR) is 70.7 cm³/mol. The second-order valence-corrected chi connectivity index (χ2v) is 4.24. The molecule has 98 valence electrons. The number of aromatic hydroxyl groups is 3. The third-order valence-electron chi connectivity index (χ3n) is 2.94. The summed E-state index contributed by atoms with van der Waals surface area (Å²) < 4.78 is 0. The van der Waals surface area contributed by atoms with Crippen LogP contribution >= 0.6 is 0 Å². The lowest BCUT2D eigenvalue weighted by Gasteiger charge is -2.07. The Kier molecular flexibility index (Phi) is 3.42. The maximum atomic E-state index is 12.2. The summed E-state index contributed by atoms with van der Waals surface area (Å²) in [4.78, 5) is 12.2. The summed E-state index contributed by atoms with van der Waals surface area (Å²) in [5.74, 6) is -1.04. The van der Waals surface area contributed by atoms with E-state index in [9.17, 15) is 20.1 Å². The van der Waals surface area contributed by atoms with Crippen LogP contribution in [0.1, 0.15) is 28.4 Å². The van der Waals surface area contributed by atoms with Crippen LogP contribution in [0.3, 0.4) is 0 Å². The molecule has 19 heavy (non-hydrogen) atoms. The van der Waals surface area contributed by atoms with Gasteiger partial charge < -0.3 is 15.3 Å². The van der Waals surface area contributed by atoms with E-state index < -0.39 is 5.78 Å². The van der Waals surface area contributed by atoms with Crippen molar-refractivity contribution >= 4 is 5.78 Å². The summed E-state index contributed by atoms with van der Waals surface area (Å²) in [5.41, 5.74) is 1.08. The van der Waals surface area contributed by atoms with E-state index in [2.05, 4.69) is 0 Å². The van der Waals surface area contributed by atoms with Gasteiger partial charge in [0, 0.05) is 6.07 Å². The van der Waals surface area contributed by atoms with Crippen molar-refractivity contribution in [2.24, 2.45) is 0 Å². The topological polar surface area (TPSA) is 77.8 Å². The molecule has 0 heterocycles. The summed E-state index contributed by atoms with van der Waals surface area (Å²) in [5, 5.41) is 28.7. The SMILES string of the molecule is CCc1ccc(C(=O)c2ccc(O)cc2O)c(O)c1. The van der Waals surface area contributed by atoms with Crippen molar-refractivity contribution in [2.75, 3.05) is 0 Å². The Balaban J connectivity index is 2.44. The molecule has 0 aromatic heterocycles. The zero-order valence-electron chi connectivity index (χ0n) is 10.4. The van der Waals surface area contributed by atoms with E-state index >= 15 is 0 Å². The highest BCUT2D eigenvalue weighted by Gasteiger charge is 2.17. The largest absolute Gasteiger partial charge is 0.508 e. The number of phenols is 3. The van der Waals surface area contributed by atoms with E-state index in [-0.39, 0.29) is 28.4 Å². The van der Waals surface area contributed by atoms with Crippen LogP contribution in [-0.4, -0.2) is 21.1 Å². The summed E-state index contributed by atoms with van der Waals surface area (Å²) in [7, 11) is 0. The molecule has 0 fully saturated rings. The molecule has 3 N–H and O–H groups in total. The lowest BCUT2D eigenvalue weighted by Crippen LogP contribution is -2.02. The summed E-state index contributed by atoms with van der Waals surface area (Å²) in [6, 6.07) is 8.53. The van der Waals surface area contributed by atoms with Crippen molar-refractivity contribution in [1.82, 2.24) is 0 Å². The summed E-state index contributed by atoms with van der Waals surface area (Å²) >= 11 is 0. The van der Waals surface area contributed by atoms with Gasteiger partial charge in [-0.15, -0.1) is 0 Å². The second kappa shape index (κ2) is 5.02. The van der Waals surface area contributed by atoms with Gasteiger partial charge in [0.05, 0.1) is 11.1 Å². The van der Waals surface area contributed by atoms with Crippen LogP contribution in [0.25, 0.3) is 0 Å². The lowest BCUT2D eigenvalue weighted by molar-refractivity contribution is 0.103. The second-order valence-electron chi connectivity index (χ2n) is 4.24. The van der Waals surface area contributed by atoms with E-state index in [0.717, 1.165) is 18.1 Å². The number of aryl methyl sites for hydroxylation is 1. The van der Waals surface area contributed by atoms with Crippen molar-refractivity contribution in [3.8, 4) is 17.2 Å². The van der Waals surface area contributed by atoms with Crippen molar-refractivity contribution in [3.63, 3.8) is 0 Å². The molecule has 0 bridgehead atoms. The summed E-state index contributed by atoms with van der Waals surface area (Å²) in [6.45, 7) is 1.95. The molecule has 0 aliphatic rings. The molecule has 4 heteroatoms. The van der Waals surface area contributed by atoms with Crippen molar-refractivity contribution < 1.29 is 20.1 Å². The predicted octanol–water partition coefficient (Wildman–Crippen LogP) is 2.60. The molecule has 0 saturated carbocycles. The van der Waals surface area contributed by atoms with Gasteiger partial charge in [0.2, 0.25) is 0 Å². The van der Waals surface area contributed by atoms with Gasteiger partial charge in [-0.05, 0) is 36.2 Å². The number of carbonyl (C=O) groups is 1. The first kappa shape index (κ1) is 13.0. The molecule has 4 nitrogen and oxygen atoms in total. The van der Waals surface area contributed by atoms with Crippen LogP contribution in [0, 0.1) is 0 Å². The van der Waals surface area contributed by atoms with Crippen LogP contribution in [0.15, 0.2) is 36.4 Å². The third kappa shape index (κ3) is 2.52. The Bertz CT molecular complexity index is 632. The highest BCUT2D eigenvalue weighted by molar-refractivity contribution is 6.12. The fourth-order valence-corrected chi connectivity index (χ4v) is 1.85. The fraction of sp³-hybridized carbons (Fsp3) is 0.133. The van der Waals surface area contributed by atoms with Crippen LogP contribution in [-0.2, 0) is 6.42 Å². The van der Waals surface area contributed by atoms with Crippen LogP contribution in [0.4, 0.5) is 0 Å². The Hall–Kier alpha value is -2.49. The van der Waals surface area contributed by atoms with Crippen molar-refractivity contribution in [2.45, 2.75) is 13.3 Å². The first-order chi connectivity index (χ1) is 9.02. The molecule has 0 atom stereocenters. The molecule has 0 spiro atoms. The molecular weight excluding hydrogens is 244 g/mol. The smallest absolute Gasteiger partial charge is 0.200 e. The molecule has 0 radical (unpaired) electrons.